The summed E-state index contributed by atoms with van der Waals surface area (Å²) in [6, 6.07) is 0. The summed E-state index contributed by atoms with van der Waals surface area (Å²) in [5.41, 5.74) is 4.96. The van der Waals surface area contributed by atoms with Crippen LogP contribution in [0.3, 0.4) is 0 Å². The number of aromatic nitrogens is 3. The average Bonchev–Trinajstić information content (AvgIpc) is 2.28. The molecule has 0 fully saturated rings. The van der Waals surface area contributed by atoms with Crippen molar-refractivity contribution in [1.29, 1.82) is 0 Å². The third-order valence-electron chi connectivity index (χ3n) is 2.26. The summed E-state index contributed by atoms with van der Waals surface area (Å²) in [4.78, 5) is 33.6. The molecule has 3 N–H and O–H groups in total. The number of primary amides is 1. The molecule has 0 spiro atoms. The van der Waals surface area contributed by atoms with E-state index in [0.717, 1.165) is 0 Å². The summed E-state index contributed by atoms with van der Waals surface area (Å²) in [5.74, 6) is -0.127. The minimum Gasteiger partial charge on any atom is -0.365 e. The first-order valence-corrected chi connectivity index (χ1v) is 4.80. The Morgan fingerprint density at radius 2 is 2.31 bits per heavy atom. The Morgan fingerprint density at radius 1 is 1.56 bits per heavy atom. The predicted octanol–water partition coefficient (Wildman–Crippen LogP) is -0.0206. The molecule has 0 aliphatic rings. The number of carbonyl (C=O) groups is 1. The standard InChI is InChI=1S/C10H10N4O2/c1-2-7-12-4-6-8(15)5(9(11)16)3-13-10(6)14-7/h3-4H,2H2,1H3,(H2,11,16)(H,12,13,14,15). The van der Waals surface area contributed by atoms with E-state index in [4.69, 9.17) is 5.73 Å². The van der Waals surface area contributed by atoms with Gasteiger partial charge in [0.2, 0.25) is 5.43 Å². The molecule has 0 aromatic carbocycles. The van der Waals surface area contributed by atoms with Crippen molar-refractivity contribution in [1.82, 2.24) is 15.0 Å². The van der Waals surface area contributed by atoms with Crippen molar-refractivity contribution in [3.8, 4) is 0 Å². The topological polar surface area (TPSA) is 102 Å². The number of nitrogens with one attached hydrogen (secondary N) is 1. The number of aromatic amines is 1. The highest BCUT2D eigenvalue weighted by atomic mass is 16.2. The number of rotatable bonds is 2. The summed E-state index contributed by atoms with van der Waals surface area (Å²) in [5, 5.41) is 0.272. The van der Waals surface area contributed by atoms with Crippen LogP contribution in [-0.2, 0) is 6.42 Å². The predicted molar refractivity (Wildman–Crippen MR) is 58.1 cm³/mol. The lowest BCUT2D eigenvalue weighted by Crippen LogP contribution is -2.22. The van der Waals surface area contributed by atoms with E-state index in [1.54, 1.807) is 0 Å². The lowest BCUT2D eigenvalue weighted by Gasteiger charge is -2.00. The molecule has 1 amide bonds. The van der Waals surface area contributed by atoms with Crippen LogP contribution in [0.5, 0.6) is 0 Å². The van der Waals surface area contributed by atoms with Gasteiger partial charge in [-0.3, -0.25) is 9.59 Å². The zero-order valence-electron chi connectivity index (χ0n) is 8.65. The zero-order chi connectivity index (χ0) is 11.7. The number of nitrogens with two attached hydrogens (primary N) is 1. The Kier molecular flexibility index (Phi) is 2.40. The fourth-order valence-electron chi connectivity index (χ4n) is 1.40. The highest BCUT2D eigenvalue weighted by molar-refractivity contribution is 5.95. The first-order chi connectivity index (χ1) is 7.63. The van der Waals surface area contributed by atoms with Crippen LogP contribution >= 0.6 is 0 Å². The maximum atomic E-state index is 11.8. The summed E-state index contributed by atoms with van der Waals surface area (Å²) in [6.45, 7) is 1.91. The molecule has 2 aromatic heterocycles. The van der Waals surface area contributed by atoms with Crippen LogP contribution in [0.1, 0.15) is 23.1 Å². The summed E-state index contributed by atoms with van der Waals surface area (Å²) in [6.07, 6.45) is 3.36. The van der Waals surface area contributed by atoms with Gasteiger partial charge in [-0.15, -0.1) is 0 Å². The van der Waals surface area contributed by atoms with Crippen molar-refractivity contribution >= 4 is 16.9 Å². The Morgan fingerprint density at radius 3 is 2.94 bits per heavy atom. The SMILES string of the molecule is CCc1ncc2c(=O)c(C(N)=O)c[nH]c2n1. The van der Waals surface area contributed by atoms with E-state index in [9.17, 15) is 9.59 Å². The minimum absolute atomic E-state index is 0.0830. The molecule has 0 bridgehead atoms. The molecular formula is C10H10N4O2. The fourth-order valence-corrected chi connectivity index (χ4v) is 1.40. The van der Waals surface area contributed by atoms with E-state index in [1.807, 2.05) is 6.92 Å². The smallest absolute Gasteiger partial charge is 0.254 e. The Bertz CT molecular complexity index is 618. The third kappa shape index (κ3) is 1.54. The molecule has 2 aromatic rings. The van der Waals surface area contributed by atoms with E-state index in [1.165, 1.54) is 12.4 Å². The maximum Gasteiger partial charge on any atom is 0.254 e. The maximum absolute atomic E-state index is 11.8. The molecule has 2 heterocycles. The monoisotopic (exact) mass is 218 g/mol. The summed E-state index contributed by atoms with van der Waals surface area (Å²) < 4.78 is 0. The second-order valence-electron chi connectivity index (χ2n) is 3.30. The van der Waals surface area contributed by atoms with E-state index in [2.05, 4.69) is 15.0 Å². The number of hydrogen-bond acceptors (Lipinski definition) is 4. The molecule has 0 saturated carbocycles. The molecule has 0 aliphatic carbocycles. The number of carbonyl (C=O) groups excluding carboxylic acids is 1. The molecular weight excluding hydrogens is 208 g/mol. The van der Waals surface area contributed by atoms with Gasteiger partial charge in [-0.1, -0.05) is 6.92 Å². The van der Waals surface area contributed by atoms with Gasteiger partial charge >= 0.3 is 0 Å². The normalized spacial score (nSPS) is 10.6. The van der Waals surface area contributed by atoms with Gasteiger partial charge in [0.1, 0.15) is 17.0 Å². The molecule has 0 radical (unpaired) electrons. The lowest BCUT2D eigenvalue weighted by molar-refractivity contribution is 0.0999. The van der Waals surface area contributed by atoms with Gasteiger partial charge in [-0.25, -0.2) is 9.97 Å². The van der Waals surface area contributed by atoms with Crippen LogP contribution in [0.4, 0.5) is 0 Å². The van der Waals surface area contributed by atoms with Gasteiger partial charge in [-0.05, 0) is 0 Å². The number of fused-ring (bicyclic) bond motifs is 1. The molecule has 82 valence electrons. The van der Waals surface area contributed by atoms with Gasteiger partial charge in [-0.2, -0.15) is 0 Å². The van der Waals surface area contributed by atoms with Crippen LogP contribution in [0.25, 0.3) is 11.0 Å². The van der Waals surface area contributed by atoms with Crippen molar-refractivity contribution in [3.05, 3.63) is 34.0 Å². The van der Waals surface area contributed by atoms with E-state index < -0.39 is 11.3 Å². The molecule has 6 heteroatoms. The van der Waals surface area contributed by atoms with Gasteiger partial charge < -0.3 is 10.7 Å². The third-order valence-corrected chi connectivity index (χ3v) is 2.26. The molecule has 16 heavy (non-hydrogen) atoms. The van der Waals surface area contributed by atoms with Crippen LogP contribution in [0, 0.1) is 0 Å². The number of pyridine rings is 1. The number of nitrogens with zero attached hydrogens (tertiary/aromatic N) is 2. The molecule has 0 saturated heterocycles. The summed E-state index contributed by atoms with van der Waals surface area (Å²) >= 11 is 0. The molecule has 2 rings (SSSR count). The van der Waals surface area contributed by atoms with Gasteiger partial charge in [0.05, 0.1) is 5.39 Å². The summed E-state index contributed by atoms with van der Waals surface area (Å²) in [7, 11) is 0. The fraction of sp³-hybridized carbons (Fsp3) is 0.200. The van der Waals surface area contributed by atoms with Crippen molar-refractivity contribution in [2.45, 2.75) is 13.3 Å². The Hall–Kier alpha value is -2.24. The van der Waals surface area contributed by atoms with Crippen molar-refractivity contribution < 1.29 is 4.79 Å². The highest BCUT2D eigenvalue weighted by Crippen LogP contribution is 2.04. The molecule has 0 unspecified atom stereocenters. The zero-order valence-corrected chi connectivity index (χ0v) is 8.65. The van der Waals surface area contributed by atoms with E-state index in [-0.39, 0.29) is 10.9 Å². The Labute approximate surface area is 90.5 Å². The molecule has 0 atom stereocenters. The van der Waals surface area contributed by atoms with Gasteiger partial charge in [0, 0.05) is 18.8 Å². The van der Waals surface area contributed by atoms with Gasteiger partial charge in [0.15, 0.2) is 0 Å². The number of hydrogen-bond donors (Lipinski definition) is 2. The van der Waals surface area contributed by atoms with Crippen LogP contribution in [-0.4, -0.2) is 20.9 Å². The molecule has 0 aliphatic heterocycles. The second-order valence-corrected chi connectivity index (χ2v) is 3.30. The van der Waals surface area contributed by atoms with E-state index >= 15 is 0 Å². The number of amides is 1. The van der Waals surface area contributed by atoms with Crippen molar-refractivity contribution in [2.75, 3.05) is 0 Å². The quantitative estimate of drug-likeness (QED) is 0.739. The van der Waals surface area contributed by atoms with Crippen molar-refractivity contribution in [2.24, 2.45) is 5.73 Å². The number of aryl methyl sites for hydroxylation is 1. The lowest BCUT2D eigenvalue weighted by atomic mass is 10.2. The van der Waals surface area contributed by atoms with Crippen LogP contribution in [0.2, 0.25) is 0 Å². The van der Waals surface area contributed by atoms with Crippen LogP contribution < -0.4 is 11.2 Å². The van der Waals surface area contributed by atoms with Gasteiger partial charge in [0.25, 0.3) is 5.91 Å². The first kappa shape index (κ1) is 10.3. The number of H-pyrrole nitrogens is 1. The average molecular weight is 218 g/mol. The Balaban J connectivity index is 2.77. The first-order valence-electron chi connectivity index (χ1n) is 4.80. The molecule has 6 nitrogen and oxygen atoms in total. The largest absolute Gasteiger partial charge is 0.365 e. The second kappa shape index (κ2) is 3.73. The highest BCUT2D eigenvalue weighted by Gasteiger charge is 2.10. The minimum atomic E-state index is -0.761. The van der Waals surface area contributed by atoms with E-state index in [0.29, 0.717) is 17.9 Å². The van der Waals surface area contributed by atoms with Crippen molar-refractivity contribution in [3.63, 3.8) is 0 Å². The van der Waals surface area contributed by atoms with Crippen LogP contribution in [0.15, 0.2) is 17.2 Å².